The Bertz CT molecular complexity index is 606. The zero-order valence-electron chi connectivity index (χ0n) is 17.6. The molecule has 5 heteroatoms. The van der Waals surface area contributed by atoms with Gasteiger partial charge in [-0.25, -0.2) is 4.79 Å². The maximum Gasteiger partial charge on any atom is 0.410 e. The van der Waals surface area contributed by atoms with Crippen molar-refractivity contribution in [3.63, 3.8) is 0 Å². The molecule has 0 aliphatic heterocycles. The largest absolute Gasteiger partial charge is 0.497 e. The van der Waals surface area contributed by atoms with E-state index in [1.54, 1.807) is 12.0 Å². The van der Waals surface area contributed by atoms with Crippen LogP contribution in [-0.4, -0.2) is 47.5 Å². The van der Waals surface area contributed by atoms with Crippen molar-refractivity contribution in [1.82, 2.24) is 4.90 Å². The fourth-order valence-electron chi connectivity index (χ4n) is 3.55. The summed E-state index contributed by atoms with van der Waals surface area (Å²) < 4.78 is 10.9. The average Bonchev–Trinajstić information content (AvgIpc) is 3.31. The maximum absolute atomic E-state index is 12.9. The number of methoxy groups -OCH3 is 1. The third kappa shape index (κ3) is 6.42. The van der Waals surface area contributed by atoms with E-state index in [1.807, 2.05) is 32.9 Å². The van der Waals surface area contributed by atoms with Gasteiger partial charge < -0.3 is 14.6 Å². The summed E-state index contributed by atoms with van der Waals surface area (Å²) in [7, 11) is 1.66. The highest BCUT2D eigenvalue weighted by Gasteiger charge is 2.47. The molecule has 1 fully saturated rings. The van der Waals surface area contributed by atoms with E-state index in [-0.39, 0.29) is 24.8 Å². The number of amides is 1. The third-order valence-electron chi connectivity index (χ3n) is 4.85. The fraction of sp³-hybridized carbons (Fsp3) is 0.682. The molecular weight excluding hydrogens is 342 g/mol. The van der Waals surface area contributed by atoms with E-state index in [9.17, 15) is 9.90 Å². The molecule has 3 atom stereocenters. The number of carbonyl (C=O) groups is 1. The van der Waals surface area contributed by atoms with Gasteiger partial charge in [0.2, 0.25) is 0 Å². The standard InChI is InChI=1S/C22H35NO4/c1-15(2)11-18(14-24)23(21(25)27-22(3,4)5)20-13-17(20)12-16-7-9-19(26-6)10-8-16/h7-10,15,17-18,20,24H,11-14H2,1-6H3/t17-,18-,20-/m0/s1. The quantitative estimate of drug-likeness (QED) is 0.735. The summed E-state index contributed by atoms with van der Waals surface area (Å²) in [6.07, 6.45) is 2.30. The first-order valence-corrected chi connectivity index (χ1v) is 9.89. The summed E-state index contributed by atoms with van der Waals surface area (Å²) in [5, 5.41) is 9.94. The Hall–Kier alpha value is -1.75. The number of aliphatic hydroxyl groups is 1. The van der Waals surface area contributed by atoms with E-state index < -0.39 is 5.60 Å². The molecule has 0 saturated heterocycles. The van der Waals surface area contributed by atoms with Crippen molar-refractivity contribution in [2.75, 3.05) is 13.7 Å². The number of rotatable bonds is 8. The zero-order valence-corrected chi connectivity index (χ0v) is 17.6. The molecule has 0 radical (unpaired) electrons. The smallest absolute Gasteiger partial charge is 0.410 e. The Balaban J connectivity index is 2.09. The highest BCUT2D eigenvalue weighted by atomic mass is 16.6. The van der Waals surface area contributed by atoms with Gasteiger partial charge in [-0.1, -0.05) is 26.0 Å². The number of benzene rings is 1. The van der Waals surface area contributed by atoms with Crippen LogP contribution in [0.4, 0.5) is 4.79 Å². The van der Waals surface area contributed by atoms with Crippen molar-refractivity contribution < 1.29 is 19.4 Å². The Morgan fingerprint density at radius 3 is 2.37 bits per heavy atom. The SMILES string of the molecule is COc1ccc(C[C@H]2C[C@@H]2N(C(=O)OC(C)(C)C)[C@H](CO)CC(C)C)cc1. The average molecular weight is 378 g/mol. The minimum absolute atomic E-state index is 0.0385. The van der Waals surface area contributed by atoms with Crippen LogP contribution in [0, 0.1) is 11.8 Å². The molecule has 0 spiro atoms. The van der Waals surface area contributed by atoms with Crippen LogP contribution >= 0.6 is 0 Å². The number of hydrogen-bond acceptors (Lipinski definition) is 4. The molecule has 1 aliphatic carbocycles. The van der Waals surface area contributed by atoms with Crippen molar-refractivity contribution in [3.8, 4) is 5.75 Å². The highest BCUT2D eigenvalue weighted by Crippen LogP contribution is 2.41. The van der Waals surface area contributed by atoms with Gasteiger partial charge in [-0.15, -0.1) is 0 Å². The van der Waals surface area contributed by atoms with Crippen LogP contribution < -0.4 is 4.74 Å². The monoisotopic (exact) mass is 377 g/mol. The molecule has 0 heterocycles. The van der Waals surface area contributed by atoms with Gasteiger partial charge in [0.05, 0.1) is 19.8 Å². The Kier molecular flexibility index (Phi) is 7.15. The van der Waals surface area contributed by atoms with Crippen LogP contribution in [0.2, 0.25) is 0 Å². The summed E-state index contributed by atoms with van der Waals surface area (Å²) in [6.45, 7) is 9.81. The lowest BCUT2D eigenvalue weighted by molar-refractivity contribution is 0.00272. The molecule has 0 bridgehead atoms. The normalized spacial score (nSPS) is 20.3. The Labute approximate surface area is 163 Å². The van der Waals surface area contributed by atoms with Gasteiger partial charge in [0.25, 0.3) is 0 Å². The first-order valence-electron chi connectivity index (χ1n) is 9.89. The predicted molar refractivity (Wildman–Crippen MR) is 107 cm³/mol. The third-order valence-corrected chi connectivity index (χ3v) is 4.85. The van der Waals surface area contributed by atoms with Crippen LogP contribution in [0.5, 0.6) is 5.75 Å². The van der Waals surface area contributed by atoms with Gasteiger partial charge in [0.15, 0.2) is 0 Å². The second-order valence-electron chi connectivity index (χ2n) is 8.97. The molecule has 27 heavy (non-hydrogen) atoms. The van der Waals surface area contributed by atoms with Gasteiger partial charge in [0, 0.05) is 6.04 Å². The van der Waals surface area contributed by atoms with Crippen molar-refractivity contribution in [2.45, 2.75) is 71.6 Å². The lowest BCUT2D eigenvalue weighted by atomic mass is 10.0. The van der Waals surface area contributed by atoms with Crippen LogP contribution in [0.15, 0.2) is 24.3 Å². The fourth-order valence-corrected chi connectivity index (χ4v) is 3.55. The van der Waals surface area contributed by atoms with E-state index in [2.05, 4.69) is 26.0 Å². The zero-order chi connectivity index (χ0) is 20.2. The molecule has 0 aromatic heterocycles. The molecule has 1 saturated carbocycles. The second kappa shape index (κ2) is 8.96. The topological polar surface area (TPSA) is 59.0 Å². The van der Waals surface area contributed by atoms with Crippen molar-refractivity contribution in [2.24, 2.45) is 11.8 Å². The first-order chi connectivity index (χ1) is 12.6. The number of aliphatic hydroxyl groups excluding tert-OH is 1. The second-order valence-corrected chi connectivity index (χ2v) is 8.97. The summed E-state index contributed by atoms with van der Waals surface area (Å²) in [4.78, 5) is 14.7. The van der Waals surface area contributed by atoms with E-state index in [4.69, 9.17) is 9.47 Å². The van der Waals surface area contributed by atoms with E-state index in [0.29, 0.717) is 11.8 Å². The van der Waals surface area contributed by atoms with E-state index >= 15 is 0 Å². The lowest BCUT2D eigenvalue weighted by Crippen LogP contribution is -2.47. The number of carbonyl (C=O) groups excluding carboxylic acids is 1. The van der Waals surface area contributed by atoms with E-state index in [1.165, 1.54) is 5.56 Å². The summed E-state index contributed by atoms with van der Waals surface area (Å²) in [5.74, 6) is 1.64. The van der Waals surface area contributed by atoms with Crippen molar-refractivity contribution in [3.05, 3.63) is 29.8 Å². The Morgan fingerprint density at radius 2 is 1.89 bits per heavy atom. The Morgan fingerprint density at radius 1 is 1.26 bits per heavy atom. The summed E-state index contributed by atoms with van der Waals surface area (Å²) in [5.41, 5.74) is 0.685. The molecule has 2 rings (SSSR count). The molecule has 1 amide bonds. The van der Waals surface area contributed by atoms with Crippen molar-refractivity contribution >= 4 is 6.09 Å². The predicted octanol–water partition coefficient (Wildman–Crippen LogP) is 4.27. The first kappa shape index (κ1) is 21.5. The highest BCUT2D eigenvalue weighted by molar-refractivity contribution is 5.69. The minimum atomic E-state index is -0.548. The molecule has 1 N–H and O–H groups in total. The summed E-state index contributed by atoms with van der Waals surface area (Å²) >= 11 is 0. The molecule has 0 unspecified atom stereocenters. The number of hydrogen-bond donors (Lipinski definition) is 1. The molecule has 1 aliphatic rings. The van der Waals surface area contributed by atoms with Gasteiger partial charge in [-0.2, -0.15) is 0 Å². The van der Waals surface area contributed by atoms with Crippen LogP contribution in [0.25, 0.3) is 0 Å². The molecule has 1 aromatic rings. The van der Waals surface area contributed by atoms with Crippen LogP contribution in [-0.2, 0) is 11.2 Å². The van der Waals surface area contributed by atoms with Gasteiger partial charge in [0.1, 0.15) is 11.4 Å². The maximum atomic E-state index is 12.9. The van der Waals surface area contributed by atoms with Crippen LogP contribution in [0.1, 0.15) is 53.0 Å². The minimum Gasteiger partial charge on any atom is -0.497 e. The van der Waals surface area contributed by atoms with Gasteiger partial charge >= 0.3 is 6.09 Å². The number of nitrogens with zero attached hydrogens (tertiary/aromatic N) is 1. The van der Waals surface area contributed by atoms with Gasteiger partial charge in [-0.3, -0.25) is 4.90 Å². The lowest BCUT2D eigenvalue weighted by Gasteiger charge is -2.34. The molecule has 1 aromatic carbocycles. The molecular formula is C22H35NO4. The van der Waals surface area contributed by atoms with E-state index in [0.717, 1.165) is 25.0 Å². The molecule has 5 nitrogen and oxygen atoms in total. The van der Waals surface area contributed by atoms with Crippen LogP contribution in [0.3, 0.4) is 0 Å². The van der Waals surface area contributed by atoms with Gasteiger partial charge in [-0.05, 0) is 69.6 Å². The summed E-state index contributed by atoms with van der Waals surface area (Å²) in [6, 6.07) is 8.00. The molecule has 152 valence electrons. The van der Waals surface area contributed by atoms with Crippen molar-refractivity contribution in [1.29, 1.82) is 0 Å². The number of ether oxygens (including phenoxy) is 2.